The van der Waals surface area contributed by atoms with Crippen LogP contribution in [-0.4, -0.2) is 38.2 Å². The van der Waals surface area contributed by atoms with Gasteiger partial charge in [0.05, 0.1) is 18.1 Å². The van der Waals surface area contributed by atoms with Crippen molar-refractivity contribution >= 4 is 9.84 Å². The number of nitrogens with zero attached hydrogens (tertiary/aromatic N) is 1. The first-order chi connectivity index (χ1) is 4.12. The van der Waals surface area contributed by atoms with Crippen molar-refractivity contribution in [3.63, 3.8) is 0 Å². The fourth-order valence-corrected chi connectivity index (χ4v) is 1.14. The number of aliphatic hydroxyl groups is 1. The van der Waals surface area contributed by atoms with E-state index in [0.29, 0.717) is 0 Å². The molecule has 2 radical (unpaired) electrons. The van der Waals surface area contributed by atoms with Gasteiger partial charge >= 0.3 is 0 Å². The van der Waals surface area contributed by atoms with Crippen molar-refractivity contribution in [2.24, 2.45) is 0 Å². The number of rotatable bonds is 4. The highest BCUT2D eigenvalue weighted by Crippen LogP contribution is 1.86. The molecule has 0 spiro atoms. The molecule has 0 rings (SSSR count). The van der Waals surface area contributed by atoms with Crippen LogP contribution >= 0.6 is 0 Å². The van der Waals surface area contributed by atoms with Crippen molar-refractivity contribution in [1.29, 1.82) is 0 Å². The first-order valence-corrected chi connectivity index (χ1v) is 4.36. The summed E-state index contributed by atoms with van der Waals surface area (Å²) in [5.41, 5.74) is 8.17. The highest BCUT2D eigenvalue weighted by atomic mass is 32.2. The zero-order chi connectivity index (χ0) is 7.33. The Hall–Kier alpha value is -0.130. The number of sulfone groups is 1. The van der Waals surface area contributed by atoms with Gasteiger partial charge in [-0.15, -0.1) is 5.73 Å². The molecule has 0 unspecified atom stereocenters. The molecule has 1 N–H and O–H groups in total. The van der Waals surface area contributed by atoms with E-state index in [1.807, 2.05) is 0 Å². The average molecular weight is 151 g/mol. The molecule has 0 aliphatic carbocycles. The Bertz CT molecular complexity index is 139. The van der Waals surface area contributed by atoms with Gasteiger partial charge in [-0.25, -0.2) is 8.42 Å². The third kappa shape index (κ3) is 4.38. The van der Waals surface area contributed by atoms with Crippen LogP contribution in [0, 0.1) is 0 Å². The maximum absolute atomic E-state index is 10.5. The lowest BCUT2D eigenvalue weighted by Gasteiger charge is -1.95. The summed E-state index contributed by atoms with van der Waals surface area (Å²) in [6.45, 7) is -0.745. The Kier molecular flexibility index (Phi) is 3.76. The molecule has 9 heavy (non-hydrogen) atoms. The lowest BCUT2D eigenvalue weighted by atomic mass is 10.8. The van der Waals surface area contributed by atoms with Crippen molar-refractivity contribution in [1.82, 2.24) is 5.73 Å². The maximum atomic E-state index is 10.5. The smallest absolute Gasteiger partial charge is 0.153 e. The van der Waals surface area contributed by atoms with Crippen molar-refractivity contribution in [2.75, 3.05) is 24.7 Å². The first-order valence-electron chi connectivity index (χ1n) is 2.54. The van der Waals surface area contributed by atoms with Gasteiger partial charge in [0.15, 0.2) is 9.84 Å². The lowest BCUT2D eigenvalue weighted by molar-refractivity contribution is 0.319. The number of aliphatic hydroxyl groups excluding tert-OH is 1. The molecule has 0 aromatic carbocycles. The molecule has 0 saturated carbocycles. The van der Waals surface area contributed by atoms with E-state index in [1.165, 1.54) is 0 Å². The fourth-order valence-electron chi connectivity index (χ4n) is 0.380. The largest absolute Gasteiger partial charge is 0.395 e. The van der Waals surface area contributed by atoms with Crippen LogP contribution in [0.3, 0.4) is 0 Å². The minimum Gasteiger partial charge on any atom is -0.395 e. The van der Waals surface area contributed by atoms with Gasteiger partial charge in [-0.05, 0) is 0 Å². The third-order valence-corrected chi connectivity index (χ3v) is 2.41. The molecule has 0 aliphatic heterocycles. The summed E-state index contributed by atoms with van der Waals surface area (Å²) in [7, 11) is -3.18. The predicted molar refractivity (Wildman–Crippen MR) is 32.7 cm³/mol. The van der Waals surface area contributed by atoms with Gasteiger partial charge in [-0.1, -0.05) is 0 Å². The standard InChI is InChI=1S/C4H9NO3S/c5-1-3-9(7,8)4-2-6/h6H,1-4H2. The molecule has 5 heteroatoms. The zero-order valence-corrected chi connectivity index (χ0v) is 5.76. The summed E-state index contributed by atoms with van der Waals surface area (Å²) in [6.07, 6.45) is 0. The van der Waals surface area contributed by atoms with Crippen LogP contribution in [0.25, 0.3) is 0 Å². The molecule has 0 amide bonds. The molecule has 0 bridgehead atoms. The molecular weight excluding hydrogens is 142 g/mol. The minimum atomic E-state index is -3.18. The van der Waals surface area contributed by atoms with Gasteiger partial charge in [0.25, 0.3) is 0 Å². The van der Waals surface area contributed by atoms with E-state index in [4.69, 9.17) is 10.8 Å². The summed E-state index contributed by atoms with van der Waals surface area (Å²) in [5, 5.41) is 8.17. The third-order valence-electron chi connectivity index (χ3n) is 0.805. The van der Waals surface area contributed by atoms with Crippen molar-refractivity contribution in [3.8, 4) is 0 Å². The number of hydrogen-bond donors (Lipinski definition) is 1. The van der Waals surface area contributed by atoms with Crippen LogP contribution < -0.4 is 5.73 Å². The monoisotopic (exact) mass is 151 g/mol. The van der Waals surface area contributed by atoms with E-state index >= 15 is 0 Å². The molecule has 0 atom stereocenters. The molecule has 0 fully saturated rings. The molecule has 54 valence electrons. The SMILES string of the molecule is [N]CCS(=O)(=O)CCO. The lowest BCUT2D eigenvalue weighted by Crippen LogP contribution is -2.16. The first kappa shape index (κ1) is 8.87. The van der Waals surface area contributed by atoms with Crippen LogP contribution in [0.5, 0.6) is 0 Å². The Morgan fingerprint density at radius 1 is 1.33 bits per heavy atom. The van der Waals surface area contributed by atoms with Crippen LogP contribution in [0.2, 0.25) is 0 Å². The molecule has 0 aromatic heterocycles. The van der Waals surface area contributed by atoms with Crippen LogP contribution in [0.1, 0.15) is 0 Å². The summed E-state index contributed by atoms with van der Waals surface area (Å²) >= 11 is 0. The number of hydrogen-bond acceptors (Lipinski definition) is 3. The second-order valence-corrected chi connectivity index (χ2v) is 3.90. The topological polar surface area (TPSA) is 76.7 Å². The van der Waals surface area contributed by atoms with Gasteiger partial charge in [0.2, 0.25) is 0 Å². The molecule has 0 aliphatic rings. The molecule has 0 aromatic rings. The average Bonchev–Trinajstić information content (AvgIpc) is 1.64. The van der Waals surface area contributed by atoms with Gasteiger partial charge in [-0.3, -0.25) is 0 Å². The maximum Gasteiger partial charge on any atom is 0.153 e. The molecule has 0 heterocycles. The minimum absolute atomic E-state index is 0.256. The summed E-state index contributed by atoms with van der Waals surface area (Å²) in [6, 6.07) is 0. The molecular formula is C4H9NO3S. The fraction of sp³-hybridized carbons (Fsp3) is 1.00. The van der Waals surface area contributed by atoms with E-state index in [9.17, 15) is 8.42 Å². The van der Waals surface area contributed by atoms with E-state index in [-0.39, 0.29) is 24.7 Å². The van der Waals surface area contributed by atoms with Crippen molar-refractivity contribution in [2.45, 2.75) is 0 Å². The summed E-state index contributed by atoms with van der Waals surface area (Å²) < 4.78 is 21.0. The van der Waals surface area contributed by atoms with Gasteiger partial charge in [-0.2, -0.15) is 0 Å². The van der Waals surface area contributed by atoms with Crippen LogP contribution in [0.4, 0.5) is 0 Å². The molecule has 0 saturated heterocycles. The Labute approximate surface area is 54.6 Å². The van der Waals surface area contributed by atoms with Crippen molar-refractivity contribution in [3.05, 3.63) is 0 Å². The highest BCUT2D eigenvalue weighted by Gasteiger charge is 2.07. The second-order valence-electron chi connectivity index (χ2n) is 1.60. The van der Waals surface area contributed by atoms with Gasteiger partial charge < -0.3 is 5.11 Å². The Balaban J connectivity index is 3.73. The van der Waals surface area contributed by atoms with E-state index in [2.05, 4.69) is 0 Å². The Morgan fingerprint density at radius 2 is 1.89 bits per heavy atom. The Morgan fingerprint density at radius 3 is 2.22 bits per heavy atom. The van der Waals surface area contributed by atoms with E-state index in [0.717, 1.165) is 0 Å². The van der Waals surface area contributed by atoms with Crippen LogP contribution in [-0.2, 0) is 9.84 Å². The second kappa shape index (κ2) is 3.81. The van der Waals surface area contributed by atoms with E-state index in [1.54, 1.807) is 0 Å². The van der Waals surface area contributed by atoms with Crippen LogP contribution in [0.15, 0.2) is 0 Å². The van der Waals surface area contributed by atoms with E-state index < -0.39 is 9.84 Å². The van der Waals surface area contributed by atoms with Gasteiger partial charge in [0, 0.05) is 6.54 Å². The predicted octanol–water partition coefficient (Wildman–Crippen LogP) is -1.54. The normalized spacial score (nSPS) is 11.8. The summed E-state index contributed by atoms with van der Waals surface area (Å²) in [5.74, 6) is -0.513. The highest BCUT2D eigenvalue weighted by molar-refractivity contribution is 7.91. The van der Waals surface area contributed by atoms with Crippen molar-refractivity contribution < 1.29 is 13.5 Å². The van der Waals surface area contributed by atoms with Gasteiger partial charge in [0.1, 0.15) is 0 Å². The quantitative estimate of drug-likeness (QED) is 0.529. The summed E-state index contributed by atoms with van der Waals surface area (Å²) in [4.78, 5) is 0. The zero-order valence-electron chi connectivity index (χ0n) is 4.95. The molecule has 4 nitrogen and oxygen atoms in total.